The summed E-state index contributed by atoms with van der Waals surface area (Å²) in [6.07, 6.45) is 7.15. The summed E-state index contributed by atoms with van der Waals surface area (Å²) in [6, 6.07) is 1.74. The fourth-order valence-electron chi connectivity index (χ4n) is 2.56. The maximum absolute atomic E-state index is 3.48. The van der Waals surface area contributed by atoms with Gasteiger partial charge in [0.1, 0.15) is 0 Å². The van der Waals surface area contributed by atoms with Gasteiger partial charge in [0.2, 0.25) is 0 Å². The van der Waals surface area contributed by atoms with Crippen molar-refractivity contribution in [3.63, 3.8) is 0 Å². The molecule has 2 unspecified atom stereocenters. The molecule has 11 heavy (non-hydrogen) atoms. The summed E-state index contributed by atoms with van der Waals surface area (Å²) in [5.74, 6) is 0. The lowest BCUT2D eigenvalue weighted by atomic mass is 10.1. The first-order chi connectivity index (χ1) is 5.42. The van der Waals surface area contributed by atoms with E-state index in [1.54, 1.807) is 0 Å². The van der Waals surface area contributed by atoms with Gasteiger partial charge in [-0.25, -0.2) is 5.01 Å². The third kappa shape index (κ3) is 1.30. The number of rotatable bonds is 2. The van der Waals surface area contributed by atoms with Crippen LogP contribution in [0.3, 0.4) is 0 Å². The molecule has 2 fully saturated rings. The number of hydrogen-bond donors (Lipinski definition) is 1. The molecule has 2 aliphatic heterocycles. The Kier molecular flexibility index (Phi) is 2.14. The first kappa shape index (κ1) is 7.56. The van der Waals surface area contributed by atoms with Gasteiger partial charge in [-0.2, -0.15) is 0 Å². The van der Waals surface area contributed by atoms with Crippen molar-refractivity contribution in [2.24, 2.45) is 0 Å². The van der Waals surface area contributed by atoms with Crippen molar-refractivity contribution in [2.75, 3.05) is 6.54 Å². The molecule has 2 saturated heterocycles. The minimum Gasteiger partial charge on any atom is -0.255 e. The Morgan fingerprint density at radius 2 is 1.82 bits per heavy atom. The first-order valence-corrected chi connectivity index (χ1v) is 4.93. The minimum atomic E-state index is 0.869. The molecule has 2 bridgehead atoms. The zero-order valence-electron chi connectivity index (χ0n) is 7.34. The maximum atomic E-state index is 3.48. The molecule has 0 amide bonds. The molecule has 0 aromatic carbocycles. The van der Waals surface area contributed by atoms with E-state index in [0.29, 0.717) is 0 Å². The Morgan fingerprint density at radius 3 is 2.36 bits per heavy atom. The molecule has 0 spiro atoms. The van der Waals surface area contributed by atoms with Crippen LogP contribution >= 0.6 is 0 Å². The first-order valence-electron chi connectivity index (χ1n) is 4.93. The van der Waals surface area contributed by atoms with E-state index in [1.807, 2.05) is 0 Å². The van der Waals surface area contributed by atoms with Crippen LogP contribution in [0.4, 0.5) is 0 Å². The molecule has 0 aromatic heterocycles. The van der Waals surface area contributed by atoms with E-state index in [-0.39, 0.29) is 0 Å². The number of nitrogens with one attached hydrogen (secondary N) is 1. The zero-order valence-corrected chi connectivity index (χ0v) is 7.34. The van der Waals surface area contributed by atoms with Crippen molar-refractivity contribution in [1.29, 1.82) is 0 Å². The van der Waals surface area contributed by atoms with E-state index >= 15 is 0 Å². The normalized spacial score (nSPS) is 37.9. The zero-order chi connectivity index (χ0) is 7.68. The quantitative estimate of drug-likeness (QED) is 0.649. The van der Waals surface area contributed by atoms with Gasteiger partial charge >= 0.3 is 0 Å². The highest BCUT2D eigenvalue weighted by molar-refractivity contribution is 4.89. The van der Waals surface area contributed by atoms with E-state index in [1.165, 1.54) is 32.1 Å². The van der Waals surface area contributed by atoms with Crippen molar-refractivity contribution in [2.45, 2.75) is 51.1 Å². The Labute approximate surface area is 68.9 Å². The summed E-state index contributed by atoms with van der Waals surface area (Å²) in [5, 5.41) is 2.52. The molecule has 2 nitrogen and oxygen atoms in total. The van der Waals surface area contributed by atoms with Gasteiger partial charge < -0.3 is 0 Å². The molecular weight excluding hydrogens is 136 g/mol. The van der Waals surface area contributed by atoms with Gasteiger partial charge in [-0.15, -0.1) is 0 Å². The molecule has 0 radical (unpaired) electrons. The Morgan fingerprint density at radius 1 is 1.18 bits per heavy atom. The molecule has 2 atom stereocenters. The summed E-state index contributed by atoms with van der Waals surface area (Å²) in [7, 11) is 0. The fraction of sp³-hybridized carbons (Fsp3) is 1.00. The van der Waals surface area contributed by atoms with Crippen molar-refractivity contribution < 1.29 is 0 Å². The van der Waals surface area contributed by atoms with Gasteiger partial charge in [-0.05, 0) is 25.7 Å². The monoisotopic (exact) mass is 154 g/mol. The van der Waals surface area contributed by atoms with E-state index in [2.05, 4.69) is 17.4 Å². The van der Waals surface area contributed by atoms with Gasteiger partial charge in [-0.3, -0.25) is 5.43 Å². The third-order valence-corrected chi connectivity index (χ3v) is 3.04. The molecule has 0 saturated carbocycles. The number of hydrazine groups is 1. The maximum Gasteiger partial charge on any atom is 0.0247 e. The molecular formula is C9H18N2. The van der Waals surface area contributed by atoms with Crippen LogP contribution < -0.4 is 5.43 Å². The molecule has 1 N–H and O–H groups in total. The van der Waals surface area contributed by atoms with E-state index < -0.39 is 0 Å². The lowest BCUT2D eigenvalue weighted by Gasteiger charge is -2.34. The number of fused-ring (bicyclic) bond motifs is 2. The second-order valence-electron chi connectivity index (χ2n) is 3.73. The second-order valence-corrected chi connectivity index (χ2v) is 3.73. The van der Waals surface area contributed by atoms with E-state index in [4.69, 9.17) is 0 Å². The SMILES string of the molecule is CCNN1C2CCCC1CC2. The van der Waals surface area contributed by atoms with Gasteiger partial charge in [0.15, 0.2) is 0 Å². The average Bonchev–Trinajstić information content (AvgIpc) is 2.30. The summed E-state index contributed by atoms with van der Waals surface area (Å²) < 4.78 is 0. The number of piperidine rings is 1. The minimum absolute atomic E-state index is 0.869. The molecule has 0 aromatic rings. The summed E-state index contributed by atoms with van der Waals surface area (Å²) in [6.45, 7) is 3.28. The highest BCUT2D eigenvalue weighted by atomic mass is 15.5. The molecule has 2 heteroatoms. The largest absolute Gasteiger partial charge is 0.255 e. The average molecular weight is 154 g/mol. The van der Waals surface area contributed by atoms with Crippen LogP contribution in [-0.2, 0) is 0 Å². The number of hydrogen-bond acceptors (Lipinski definition) is 2. The van der Waals surface area contributed by atoms with Crippen LogP contribution in [0.1, 0.15) is 39.0 Å². The van der Waals surface area contributed by atoms with E-state index in [0.717, 1.165) is 18.6 Å². The summed E-state index contributed by atoms with van der Waals surface area (Å²) in [4.78, 5) is 0. The van der Waals surface area contributed by atoms with Crippen LogP contribution in [0.2, 0.25) is 0 Å². The van der Waals surface area contributed by atoms with Gasteiger partial charge in [0.25, 0.3) is 0 Å². The standard InChI is InChI=1S/C9H18N2/c1-2-10-11-8-4-3-5-9(11)7-6-8/h8-10H,2-7H2,1H3. The van der Waals surface area contributed by atoms with Crippen LogP contribution in [0.25, 0.3) is 0 Å². The van der Waals surface area contributed by atoms with Gasteiger partial charge in [0.05, 0.1) is 0 Å². The molecule has 64 valence electrons. The predicted molar refractivity (Wildman–Crippen MR) is 46.2 cm³/mol. The van der Waals surface area contributed by atoms with Crippen LogP contribution in [-0.4, -0.2) is 23.6 Å². The molecule has 0 aliphatic carbocycles. The Balaban J connectivity index is 1.97. The molecule has 2 rings (SSSR count). The third-order valence-electron chi connectivity index (χ3n) is 3.04. The Hall–Kier alpha value is -0.0800. The van der Waals surface area contributed by atoms with Crippen molar-refractivity contribution in [3.8, 4) is 0 Å². The second kappa shape index (κ2) is 3.11. The molecule has 2 heterocycles. The van der Waals surface area contributed by atoms with Crippen LogP contribution in [0, 0.1) is 0 Å². The highest BCUT2D eigenvalue weighted by Crippen LogP contribution is 2.33. The number of nitrogens with zero attached hydrogens (tertiary/aromatic N) is 1. The smallest absolute Gasteiger partial charge is 0.0247 e. The Bertz CT molecular complexity index is 120. The lowest BCUT2D eigenvalue weighted by Crippen LogP contribution is -2.48. The van der Waals surface area contributed by atoms with Gasteiger partial charge in [0, 0.05) is 18.6 Å². The fourth-order valence-corrected chi connectivity index (χ4v) is 2.56. The predicted octanol–water partition coefficient (Wildman–Crippen LogP) is 1.53. The van der Waals surface area contributed by atoms with Crippen LogP contribution in [0.5, 0.6) is 0 Å². The van der Waals surface area contributed by atoms with E-state index in [9.17, 15) is 0 Å². The summed E-state index contributed by atoms with van der Waals surface area (Å²) >= 11 is 0. The summed E-state index contributed by atoms with van der Waals surface area (Å²) in [5.41, 5.74) is 3.48. The molecule has 2 aliphatic rings. The van der Waals surface area contributed by atoms with Gasteiger partial charge in [-0.1, -0.05) is 13.3 Å². The highest BCUT2D eigenvalue weighted by Gasteiger charge is 2.35. The van der Waals surface area contributed by atoms with Crippen molar-refractivity contribution in [3.05, 3.63) is 0 Å². The van der Waals surface area contributed by atoms with Crippen molar-refractivity contribution in [1.82, 2.24) is 10.4 Å². The van der Waals surface area contributed by atoms with Crippen molar-refractivity contribution >= 4 is 0 Å². The topological polar surface area (TPSA) is 15.3 Å². The lowest BCUT2D eigenvalue weighted by molar-refractivity contribution is 0.0808. The van der Waals surface area contributed by atoms with Crippen LogP contribution in [0.15, 0.2) is 0 Å².